The molecule has 2 rings (SSSR count). The normalized spacial score (nSPS) is 18.0. The number of hydrogen-bond donors (Lipinski definition) is 1. The number of aliphatic carboxylic acids is 1. The van der Waals surface area contributed by atoms with Crippen LogP contribution in [0.2, 0.25) is 0 Å². The number of carbonyl (C=O) groups excluding carboxylic acids is 1. The van der Waals surface area contributed by atoms with Crippen molar-refractivity contribution in [2.24, 2.45) is 0 Å². The molecule has 1 N–H and O–H groups in total. The minimum Gasteiger partial charge on any atom is -0.479 e. The fraction of sp³-hybridized carbons (Fsp3) is 0.385. The predicted octanol–water partition coefficient (Wildman–Crippen LogP) is 0.728. The van der Waals surface area contributed by atoms with E-state index in [2.05, 4.69) is 0 Å². The van der Waals surface area contributed by atoms with E-state index in [0.29, 0.717) is 6.54 Å². The van der Waals surface area contributed by atoms with Crippen LogP contribution in [0.5, 0.6) is 0 Å². The summed E-state index contributed by atoms with van der Waals surface area (Å²) in [7, 11) is 0. The van der Waals surface area contributed by atoms with Gasteiger partial charge in [-0.05, 0) is 5.56 Å². The van der Waals surface area contributed by atoms with E-state index in [1.54, 1.807) is 0 Å². The van der Waals surface area contributed by atoms with Gasteiger partial charge in [-0.3, -0.25) is 0 Å². The second kappa shape index (κ2) is 8.26. The van der Waals surface area contributed by atoms with Crippen molar-refractivity contribution in [1.29, 1.82) is 0 Å². The van der Waals surface area contributed by atoms with Crippen LogP contribution in [0.1, 0.15) is 5.56 Å². The van der Waals surface area contributed by atoms with Crippen molar-refractivity contribution >= 4 is 41.6 Å². The minimum absolute atomic E-state index is 0. The van der Waals surface area contributed by atoms with Crippen LogP contribution in [0.3, 0.4) is 0 Å². The average Bonchev–Trinajstić information content (AvgIpc) is 2.46. The molecule has 1 aliphatic rings. The van der Waals surface area contributed by atoms with Gasteiger partial charge in [-0.1, -0.05) is 30.3 Å². The van der Waals surface area contributed by atoms with Gasteiger partial charge in [-0.15, -0.1) is 0 Å². The van der Waals surface area contributed by atoms with Gasteiger partial charge in [0.05, 0.1) is 13.2 Å². The standard InChI is InChI=1S/C13H15NO5.Na/c15-12(16)11-8-14(6-7-18-11)13(17)19-9-10-4-2-1-3-5-10;/h1-5,11H,6-9H2,(H,15,16);/t11-;/m0./s1. The third kappa shape index (κ3) is 4.79. The van der Waals surface area contributed by atoms with Crippen molar-refractivity contribution in [2.45, 2.75) is 12.7 Å². The number of morpholine rings is 1. The minimum atomic E-state index is -1.07. The number of rotatable bonds is 3. The number of carbonyl (C=O) groups is 2. The summed E-state index contributed by atoms with van der Waals surface area (Å²) in [4.78, 5) is 23.9. The van der Waals surface area contributed by atoms with Gasteiger partial charge in [0, 0.05) is 36.1 Å². The molecule has 20 heavy (non-hydrogen) atoms. The zero-order chi connectivity index (χ0) is 13.7. The molecule has 1 heterocycles. The fourth-order valence-electron chi connectivity index (χ4n) is 1.78. The zero-order valence-corrected chi connectivity index (χ0v) is 13.3. The average molecular weight is 288 g/mol. The molecule has 6 nitrogen and oxygen atoms in total. The molecule has 1 saturated heterocycles. The largest absolute Gasteiger partial charge is 0.479 e. The Morgan fingerprint density at radius 3 is 2.70 bits per heavy atom. The molecule has 0 bridgehead atoms. The summed E-state index contributed by atoms with van der Waals surface area (Å²) in [5.74, 6) is -1.07. The maximum absolute atomic E-state index is 11.8. The van der Waals surface area contributed by atoms with E-state index in [1.165, 1.54) is 4.90 Å². The van der Waals surface area contributed by atoms with E-state index in [4.69, 9.17) is 14.6 Å². The van der Waals surface area contributed by atoms with Gasteiger partial charge in [-0.25, -0.2) is 9.59 Å². The van der Waals surface area contributed by atoms with Gasteiger partial charge in [0.25, 0.3) is 0 Å². The number of amides is 1. The smallest absolute Gasteiger partial charge is 0.410 e. The van der Waals surface area contributed by atoms with Gasteiger partial charge < -0.3 is 19.5 Å². The second-order valence-corrected chi connectivity index (χ2v) is 4.18. The molecule has 1 aromatic rings. The van der Waals surface area contributed by atoms with Gasteiger partial charge in [-0.2, -0.15) is 0 Å². The molecule has 1 fully saturated rings. The first-order valence-corrected chi connectivity index (χ1v) is 5.97. The molecule has 0 spiro atoms. The molecule has 1 aliphatic heterocycles. The SMILES string of the molecule is O=C(O)[C@@H]1CN(C(=O)OCc2ccccc2)CCO1.[Na]. The molecule has 1 aromatic carbocycles. The molecule has 1 atom stereocenters. The van der Waals surface area contributed by atoms with Crippen molar-refractivity contribution in [2.75, 3.05) is 19.7 Å². The van der Waals surface area contributed by atoms with Crippen LogP contribution in [0.4, 0.5) is 4.79 Å². The molecule has 0 aromatic heterocycles. The topological polar surface area (TPSA) is 76.1 Å². The Kier molecular flexibility index (Phi) is 7.01. The molecular formula is C13H15NNaO5. The first kappa shape index (κ1) is 17.0. The van der Waals surface area contributed by atoms with E-state index in [0.717, 1.165) is 5.56 Å². The molecule has 0 unspecified atom stereocenters. The third-order valence-electron chi connectivity index (χ3n) is 2.81. The van der Waals surface area contributed by atoms with Crippen LogP contribution >= 0.6 is 0 Å². The van der Waals surface area contributed by atoms with Gasteiger partial charge in [0.15, 0.2) is 6.10 Å². The Morgan fingerprint density at radius 1 is 1.35 bits per heavy atom. The molecule has 0 saturated carbocycles. The Morgan fingerprint density at radius 2 is 2.05 bits per heavy atom. The summed E-state index contributed by atoms with van der Waals surface area (Å²) < 4.78 is 10.2. The van der Waals surface area contributed by atoms with Crippen LogP contribution < -0.4 is 0 Å². The van der Waals surface area contributed by atoms with Crippen LogP contribution in [-0.4, -0.2) is 77.4 Å². The van der Waals surface area contributed by atoms with Crippen molar-refractivity contribution in [3.05, 3.63) is 35.9 Å². The molecule has 1 amide bonds. The number of hydrogen-bond acceptors (Lipinski definition) is 4. The quantitative estimate of drug-likeness (QED) is 0.830. The number of carboxylic acids is 1. The zero-order valence-electron chi connectivity index (χ0n) is 11.3. The first-order valence-electron chi connectivity index (χ1n) is 5.97. The summed E-state index contributed by atoms with van der Waals surface area (Å²) in [5, 5.41) is 8.84. The maximum atomic E-state index is 11.8. The van der Waals surface area contributed by atoms with E-state index in [-0.39, 0.29) is 49.3 Å². The maximum Gasteiger partial charge on any atom is 0.410 e. The predicted molar refractivity (Wildman–Crippen MR) is 71.3 cm³/mol. The van der Waals surface area contributed by atoms with Gasteiger partial charge in [0.2, 0.25) is 0 Å². The van der Waals surface area contributed by atoms with Crippen LogP contribution in [0.25, 0.3) is 0 Å². The van der Waals surface area contributed by atoms with Crippen LogP contribution in [-0.2, 0) is 20.9 Å². The van der Waals surface area contributed by atoms with Crippen molar-refractivity contribution in [3.63, 3.8) is 0 Å². The summed E-state index contributed by atoms with van der Waals surface area (Å²) in [6.07, 6.45) is -1.49. The molecule has 7 heteroatoms. The number of ether oxygens (including phenoxy) is 2. The van der Waals surface area contributed by atoms with Gasteiger partial charge in [0.1, 0.15) is 6.61 Å². The summed E-state index contributed by atoms with van der Waals surface area (Å²) in [6.45, 7) is 0.743. The summed E-state index contributed by atoms with van der Waals surface area (Å²) in [5.41, 5.74) is 0.888. The Balaban J connectivity index is 0.00000200. The second-order valence-electron chi connectivity index (χ2n) is 4.18. The summed E-state index contributed by atoms with van der Waals surface area (Å²) in [6, 6.07) is 9.31. The summed E-state index contributed by atoms with van der Waals surface area (Å²) >= 11 is 0. The number of nitrogens with zero attached hydrogens (tertiary/aromatic N) is 1. The van der Waals surface area contributed by atoms with Crippen molar-refractivity contribution in [1.82, 2.24) is 4.90 Å². The van der Waals surface area contributed by atoms with Gasteiger partial charge >= 0.3 is 12.1 Å². The van der Waals surface area contributed by atoms with Crippen LogP contribution in [0, 0.1) is 0 Å². The fourth-order valence-corrected chi connectivity index (χ4v) is 1.78. The Bertz CT molecular complexity index is 453. The van der Waals surface area contributed by atoms with E-state index in [9.17, 15) is 9.59 Å². The Labute approximate surface area is 138 Å². The van der Waals surface area contributed by atoms with E-state index in [1.807, 2.05) is 30.3 Å². The molecule has 1 radical (unpaired) electrons. The van der Waals surface area contributed by atoms with Crippen molar-refractivity contribution in [3.8, 4) is 0 Å². The van der Waals surface area contributed by atoms with Crippen molar-refractivity contribution < 1.29 is 24.2 Å². The third-order valence-corrected chi connectivity index (χ3v) is 2.81. The van der Waals surface area contributed by atoms with E-state index < -0.39 is 18.2 Å². The molecule has 0 aliphatic carbocycles. The number of carboxylic acid groups (broad SMARTS) is 1. The number of benzene rings is 1. The first-order chi connectivity index (χ1) is 9.16. The van der Waals surface area contributed by atoms with Crippen LogP contribution in [0.15, 0.2) is 30.3 Å². The Hall–Kier alpha value is -1.08. The molecular weight excluding hydrogens is 273 g/mol. The monoisotopic (exact) mass is 288 g/mol. The molecule has 103 valence electrons. The van der Waals surface area contributed by atoms with E-state index >= 15 is 0 Å².